The molecule has 0 saturated carbocycles. The summed E-state index contributed by atoms with van der Waals surface area (Å²) in [6.07, 6.45) is 1.49. The van der Waals surface area contributed by atoms with Crippen LogP contribution in [-0.4, -0.2) is 16.8 Å². The van der Waals surface area contributed by atoms with Gasteiger partial charge in [-0.1, -0.05) is 22.0 Å². The van der Waals surface area contributed by atoms with Crippen LogP contribution >= 0.6 is 15.9 Å². The van der Waals surface area contributed by atoms with E-state index in [9.17, 15) is 14.9 Å². The molecule has 3 aromatic rings. The molecule has 1 aromatic heterocycles. The minimum absolute atomic E-state index is 0.000707. The Bertz CT molecular complexity index is 1150. The van der Waals surface area contributed by atoms with E-state index >= 15 is 0 Å². The zero-order valence-corrected chi connectivity index (χ0v) is 15.8. The number of cyclic esters (lactones) is 1. The quantitative estimate of drug-likeness (QED) is 0.248. The van der Waals surface area contributed by atoms with E-state index in [0.717, 1.165) is 4.47 Å². The molecule has 0 atom stereocenters. The van der Waals surface area contributed by atoms with E-state index in [1.807, 2.05) is 12.1 Å². The van der Waals surface area contributed by atoms with Crippen molar-refractivity contribution >= 4 is 39.6 Å². The number of hydrogen-bond acceptors (Lipinski definition) is 6. The van der Waals surface area contributed by atoms with Crippen LogP contribution in [0, 0.1) is 10.1 Å². The Balaban J connectivity index is 1.59. The molecule has 2 heterocycles. The molecular weight excluding hydrogens is 428 g/mol. The van der Waals surface area contributed by atoms with Crippen LogP contribution in [0.1, 0.15) is 11.3 Å². The van der Waals surface area contributed by atoms with Crippen molar-refractivity contribution in [3.8, 4) is 11.3 Å². The van der Waals surface area contributed by atoms with Gasteiger partial charge in [-0.05, 0) is 42.5 Å². The Hall–Kier alpha value is -3.52. The summed E-state index contributed by atoms with van der Waals surface area (Å²) in [6, 6.07) is 16.7. The van der Waals surface area contributed by atoms with Gasteiger partial charge in [0.25, 0.3) is 5.69 Å². The van der Waals surface area contributed by atoms with Crippen LogP contribution in [0.25, 0.3) is 17.4 Å². The van der Waals surface area contributed by atoms with Gasteiger partial charge in [0, 0.05) is 33.8 Å². The molecule has 4 rings (SSSR count). The van der Waals surface area contributed by atoms with Crippen molar-refractivity contribution in [1.29, 1.82) is 0 Å². The molecule has 2 aromatic carbocycles. The average Bonchev–Trinajstić information content (AvgIpc) is 3.29. The van der Waals surface area contributed by atoms with Gasteiger partial charge in [0.2, 0.25) is 5.90 Å². The molecule has 0 radical (unpaired) electrons. The second-order valence-corrected chi connectivity index (χ2v) is 6.77. The van der Waals surface area contributed by atoms with E-state index in [4.69, 9.17) is 9.15 Å². The van der Waals surface area contributed by atoms with Crippen LogP contribution in [0.3, 0.4) is 0 Å². The number of carbonyl (C=O) groups is 1. The van der Waals surface area contributed by atoms with Crippen LogP contribution in [0.2, 0.25) is 0 Å². The zero-order chi connectivity index (χ0) is 19.7. The Morgan fingerprint density at radius 1 is 1.04 bits per heavy atom. The van der Waals surface area contributed by atoms with E-state index in [1.165, 1.54) is 18.2 Å². The predicted octanol–water partition coefficient (Wildman–Crippen LogP) is 4.96. The number of hydrogen-bond donors (Lipinski definition) is 0. The molecule has 0 saturated heterocycles. The van der Waals surface area contributed by atoms with Crippen LogP contribution in [-0.2, 0) is 9.53 Å². The lowest BCUT2D eigenvalue weighted by Gasteiger charge is -1.99. The molecule has 0 fully saturated rings. The second kappa shape index (κ2) is 7.24. The number of ether oxygens (including phenoxy) is 1. The highest BCUT2D eigenvalue weighted by Crippen LogP contribution is 2.27. The molecule has 0 unspecified atom stereocenters. The third-order valence-corrected chi connectivity index (χ3v) is 4.45. The fourth-order valence-corrected chi connectivity index (χ4v) is 3.02. The van der Waals surface area contributed by atoms with Crippen molar-refractivity contribution in [3.05, 3.63) is 92.3 Å². The zero-order valence-electron chi connectivity index (χ0n) is 14.2. The number of benzene rings is 2. The first-order valence-electron chi connectivity index (χ1n) is 8.13. The molecule has 8 heteroatoms. The molecule has 0 amide bonds. The fourth-order valence-electron chi connectivity index (χ4n) is 2.62. The Labute approximate surface area is 167 Å². The number of halogens is 1. The average molecular weight is 439 g/mol. The van der Waals surface area contributed by atoms with Gasteiger partial charge in [0.05, 0.1) is 4.92 Å². The maximum Gasteiger partial charge on any atom is 0.363 e. The molecular formula is C20H11BrN2O5. The Kier molecular flexibility index (Phi) is 4.62. The van der Waals surface area contributed by atoms with Gasteiger partial charge in [0.15, 0.2) is 5.70 Å². The van der Waals surface area contributed by atoms with Crippen LogP contribution in [0.5, 0.6) is 0 Å². The first-order chi connectivity index (χ1) is 13.5. The summed E-state index contributed by atoms with van der Waals surface area (Å²) in [5.41, 5.74) is 1.49. The lowest BCUT2D eigenvalue weighted by atomic mass is 10.1. The van der Waals surface area contributed by atoms with E-state index < -0.39 is 10.9 Å². The summed E-state index contributed by atoms with van der Waals surface area (Å²) in [7, 11) is 0. The van der Waals surface area contributed by atoms with E-state index in [1.54, 1.807) is 36.4 Å². The summed E-state index contributed by atoms with van der Waals surface area (Å²) >= 11 is 3.37. The third-order valence-electron chi connectivity index (χ3n) is 3.96. The Morgan fingerprint density at radius 2 is 1.82 bits per heavy atom. The summed E-state index contributed by atoms with van der Waals surface area (Å²) in [5, 5.41) is 10.7. The smallest absolute Gasteiger partial charge is 0.363 e. The van der Waals surface area contributed by atoms with Gasteiger partial charge < -0.3 is 9.15 Å². The second-order valence-electron chi connectivity index (χ2n) is 5.85. The van der Waals surface area contributed by atoms with Crippen LogP contribution < -0.4 is 0 Å². The molecule has 138 valence electrons. The lowest BCUT2D eigenvalue weighted by Crippen LogP contribution is -2.05. The number of esters is 1. The number of nitrogens with zero attached hydrogens (tertiary/aromatic N) is 2. The molecule has 7 nitrogen and oxygen atoms in total. The highest BCUT2D eigenvalue weighted by Gasteiger charge is 2.24. The van der Waals surface area contributed by atoms with Crippen LogP contribution in [0.4, 0.5) is 5.69 Å². The Morgan fingerprint density at radius 3 is 2.54 bits per heavy atom. The fraction of sp³-hybridized carbons (Fsp3) is 0. The van der Waals surface area contributed by atoms with E-state index in [2.05, 4.69) is 20.9 Å². The standard InChI is InChI=1S/C20H11BrN2O5/c21-14-3-1-2-13(10-14)19-22-17(20(24)28-19)11-16-8-9-18(27-16)12-4-6-15(7-5-12)23(25)26/h1-11H/b17-11-. The maximum atomic E-state index is 12.1. The lowest BCUT2D eigenvalue weighted by molar-refractivity contribution is -0.384. The SMILES string of the molecule is O=C1OC(c2cccc(Br)c2)=N/C1=C\c1ccc(-c2ccc([N+](=O)[O-])cc2)o1. The van der Waals surface area contributed by atoms with Crippen molar-refractivity contribution < 1.29 is 18.9 Å². The van der Waals surface area contributed by atoms with Gasteiger partial charge in [-0.15, -0.1) is 0 Å². The largest absolute Gasteiger partial charge is 0.457 e. The molecule has 0 spiro atoms. The van der Waals surface area contributed by atoms with Crippen molar-refractivity contribution in [3.63, 3.8) is 0 Å². The molecule has 1 aliphatic heterocycles. The highest BCUT2D eigenvalue weighted by molar-refractivity contribution is 9.10. The molecule has 0 aliphatic carbocycles. The van der Waals surface area contributed by atoms with Gasteiger partial charge in [-0.3, -0.25) is 10.1 Å². The maximum absolute atomic E-state index is 12.1. The summed E-state index contributed by atoms with van der Waals surface area (Å²) in [5.74, 6) is 0.590. The monoisotopic (exact) mass is 438 g/mol. The van der Waals surface area contributed by atoms with E-state index in [-0.39, 0.29) is 17.3 Å². The van der Waals surface area contributed by atoms with Gasteiger partial charge in [0.1, 0.15) is 11.5 Å². The topological polar surface area (TPSA) is 94.9 Å². The third kappa shape index (κ3) is 3.63. The molecule has 0 bridgehead atoms. The number of rotatable bonds is 4. The summed E-state index contributed by atoms with van der Waals surface area (Å²) in [6.45, 7) is 0. The number of non-ortho nitro benzene ring substituents is 1. The van der Waals surface area contributed by atoms with Gasteiger partial charge in [-0.2, -0.15) is 0 Å². The van der Waals surface area contributed by atoms with Gasteiger partial charge >= 0.3 is 5.97 Å². The summed E-state index contributed by atoms with van der Waals surface area (Å²) < 4.78 is 11.8. The first-order valence-corrected chi connectivity index (χ1v) is 8.92. The number of nitro groups is 1. The number of nitro benzene ring substituents is 1. The number of aliphatic imine (C=N–C) groups is 1. The highest BCUT2D eigenvalue weighted by atomic mass is 79.9. The number of furan rings is 1. The molecule has 1 aliphatic rings. The van der Waals surface area contributed by atoms with Crippen molar-refractivity contribution in [1.82, 2.24) is 0 Å². The molecule has 28 heavy (non-hydrogen) atoms. The minimum atomic E-state index is -0.566. The van der Waals surface area contributed by atoms with Gasteiger partial charge in [-0.25, -0.2) is 9.79 Å². The van der Waals surface area contributed by atoms with Crippen LogP contribution in [0.15, 0.2) is 80.2 Å². The van der Waals surface area contributed by atoms with Crippen molar-refractivity contribution in [2.24, 2.45) is 4.99 Å². The molecule has 0 N–H and O–H groups in total. The minimum Gasteiger partial charge on any atom is -0.457 e. The van der Waals surface area contributed by atoms with Crippen molar-refractivity contribution in [2.75, 3.05) is 0 Å². The predicted molar refractivity (Wildman–Crippen MR) is 106 cm³/mol. The van der Waals surface area contributed by atoms with Crippen molar-refractivity contribution in [2.45, 2.75) is 0 Å². The first kappa shape index (κ1) is 17.9. The normalized spacial score (nSPS) is 14.8. The van der Waals surface area contributed by atoms with E-state index in [0.29, 0.717) is 22.6 Å². The summed E-state index contributed by atoms with van der Waals surface area (Å²) in [4.78, 5) is 26.6. The number of carbonyl (C=O) groups excluding carboxylic acids is 1.